The molecule has 1 spiro atoms. The van der Waals surface area contributed by atoms with Gasteiger partial charge >= 0.3 is 6.03 Å². The number of benzene rings is 1. The van der Waals surface area contributed by atoms with Crippen LogP contribution in [-0.4, -0.2) is 25.2 Å². The predicted octanol–water partition coefficient (Wildman–Crippen LogP) is 3.89. The lowest BCUT2D eigenvalue weighted by atomic mass is 9.59. The molecular weight excluding hydrogens is 312 g/mol. The number of hydrogen-bond donors (Lipinski definition) is 2. The summed E-state index contributed by atoms with van der Waals surface area (Å²) >= 11 is 0. The van der Waals surface area contributed by atoms with Crippen LogP contribution in [0.2, 0.25) is 0 Å². The Bertz CT molecular complexity index is 645. The molecule has 1 unspecified atom stereocenters. The molecule has 3 aliphatic rings. The van der Waals surface area contributed by atoms with Crippen molar-refractivity contribution in [2.45, 2.75) is 52.2 Å². The highest BCUT2D eigenvalue weighted by Gasteiger charge is 2.68. The van der Waals surface area contributed by atoms with Gasteiger partial charge in [-0.15, -0.1) is 0 Å². The number of amides is 2. The summed E-state index contributed by atoms with van der Waals surface area (Å²) in [7, 11) is 0. The largest absolute Gasteiger partial charge is 0.373 e. The summed E-state index contributed by atoms with van der Waals surface area (Å²) in [6.45, 7) is 8.09. The number of fused-ring (bicyclic) bond motifs is 1. The van der Waals surface area contributed by atoms with Crippen LogP contribution in [0.1, 0.15) is 51.7 Å². The van der Waals surface area contributed by atoms with Gasteiger partial charge in [-0.3, -0.25) is 0 Å². The topological polar surface area (TPSA) is 50.4 Å². The van der Waals surface area contributed by atoms with E-state index in [-0.39, 0.29) is 29.0 Å². The van der Waals surface area contributed by atoms with E-state index in [2.05, 4.69) is 54.8 Å². The summed E-state index contributed by atoms with van der Waals surface area (Å²) in [4.78, 5) is 12.3. The molecule has 25 heavy (non-hydrogen) atoms. The fourth-order valence-electron chi connectivity index (χ4n) is 6.10. The van der Waals surface area contributed by atoms with Crippen molar-refractivity contribution in [3.8, 4) is 0 Å². The molecule has 2 bridgehead atoms. The van der Waals surface area contributed by atoms with Crippen molar-refractivity contribution in [2.75, 3.05) is 13.2 Å². The SMILES string of the molecule is CCNC(=O)N[C@H]1C(C)(C)[C@@H]2C[C@@H]3[C@@H](c4ccccc4)OCCC31C2. The second-order valence-corrected chi connectivity index (χ2v) is 8.69. The molecule has 1 saturated heterocycles. The number of nitrogens with one attached hydrogen (secondary N) is 2. The highest BCUT2D eigenvalue weighted by Crippen LogP contribution is 2.70. The minimum Gasteiger partial charge on any atom is -0.373 e. The van der Waals surface area contributed by atoms with Crippen LogP contribution in [0.5, 0.6) is 0 Å². The molecule has 4 nitrogen and oxygen atoms in total. The van der Waals surface area contributed by atoms with Crippen molar-refractivity contribution in [2.24, 2.45) is 22.7 Å². The Kier molecular flexibility index (Phi) is 4.06. The third-order valence-electron chi connectivity index (χ3n) is 7.25. The van der Waals surface area contributed by atoms with E-state index in [1.54, 1.807) is 0 Å². The quantitative estimate of drug-likeness (QED) is 0.875. The Labute approximate surface area is 150 Å². The van der Waals surface area contributed by atoms with Gasteiger partial charge in [0.15, 0.2) is 0 Å². The van der Waals surface area contributed by atoms with Crippen molar-refractivity contribution in [3.05, 3.63) is 35.9 Å². The first-order valence-corrected chi connectivity index (χ1v) is 9.70. The van der Waals surface area contributed by atoms with Gasteiger partial charge in [-0.1, -0.05) is 44.2 Å². The predicted molar refractivity (Wildman–Crippen MR) is 98.2 cm³/mol. The number of urea groups is 1. The second kappa shape index (κ2) is 6.01. The van der Waals surface area contributed by atoms with E-state index in [1.165, 1.54) is 18.4 Å². The Morgan fingerprint density at radius 2 is 2.04 bits per heavy atom. The zero-order valence-electron chi connectivity index (χ0n) is 15.5. The lowest BCUT2D eigenvalue weighted by molar-refractivity contribution is -0.120. The molecule has 4 heteroatoms. The molecule has 2 saturated carbocycles. The summed E-state index contributed by atoms with van der Waals surface area (Å²) in [6.07, 6.45) is 3.64. The zero-order chi connectivity index (χ0) is 17.7. The highest BCUT2D eigenvalue weighted by molar-refractivity contribution is 5.74. The molecule has 4 rings (SSSR count). The first kappa shape index (κ1) is 16.9. The zero-order valence-corrected chi connectivity index (χ0v) is 15.5. The summed E-state index contributed by atoms with van der Waals surface area (Å²) in [5, 5.41) is 6.28. The summed E-state index contributed by atoms with van der Waals surface area (Å²) in [5.41, 5.74) is 1.59. The third kappa shape index (κ3) is 2.49. The Balaban J connectivity index is 1.66. The van der Waals surface area contributed by atoms with Crippen LogP contribution in [0.4, 0.5) is 4.79 Å². The van der Waals surface area contributed by atoms with E-state index in [9.17, 15) is 4.79 Å². The van der Waals surface area contributed by atoms with E-state index >= 15 is 0 Å². The van der Waals surface area contributed by atoms with Crippen LogP contribution in [0.15, 0.2) is 30.3 Å². The van der Waals surface area contributed by atoms with E-state index in [0.717, 1.165) is 13.0 Å². The summed E-state index contributed by atoms with van der Waals surface area (Å²) in [5.74, 6) is 1.14. The first-order chi connectivity index (χ1) is 12.0. The molecular formula is C21H30N2O2. The maximum Gasteiger partial charge on any atom is 0.315 e. The van der Waals surface area contributed by atoms with Crippen LogP contribution in [0.3, 0.4) is 0 Å². The van der Waals surface area contributed by atoms with Gasteiger partial charge in [0, 0.05) is 19.2 Å². The van der Waals surface area contributed by atoms with Crippen LogP contribution in [0.25, 0.3) is 0 Å². The van der Waals surface area contributed by atoms with Gasteiger partial charge in [-0.25, -0.2) is 4.79 Å². The number of ether oxygens (including phenoxy) is 1. The maximum absolute atomic E-state index is 12.3. The van der Waals surface area contributed by atoms with E-state index in [0.29, 0.717) is 18.4 Å². The molecule has 1 aliphatic heterocycles. The molecule has 3 fully saturated rings. The maximum atomic E-state index is 12.3. The summed E-state index contributed by atoms with van der Waals surface area (Å²) in [6, 6.07) is 10.8. The van der Waals surface area contributed by atoms with Crippen molar-refractivity contribution < 1.29 is 9.53 Å². The molecule has 1 heterocycles. The van der Waals surface area contributed by atoms with Crippen LogP contribution in [0, 0.1) is 22.7 Å². The lowest BCUT2D eigenvalue weighted by Gasteiger charge is -2.53. The van der Waals surface area contributed by atoms with E-state index in [1.807, 2.05) is 6.92 Å². The average Bonchev–Trinajstić information content (AvgIpc) is 3.09. The molecule has 2 N–H and O–H groups in total. The number of hydrogen-bond acceptors (Lipinski definition) is 2. The Morgan fingerprint density at radius 3 is 2.76 bits per heavy atom. The van der Waals surface area contributed by atoms with Gasteiger partial charge in [0.1, 0.15) is 0 Å². The fraction of sp³-hybridized carbons (Fsp3) is 0.667. The molecule has 2 aliphatic carbocycles. The van der Waals surface area contributed by atoms with Crippen molar-refractivity contribution >= 4 is 6.03 Å². The minimum atomic E-state index is -0.0241. The van der Waals surface area contributed by atoms with Crippen molar-refractivity contribution in [1.29, 1.82) is 0 Å². The van der Waals surface area contributed by atoms with E-state index < -0.39 is 0 Å². The monoisotopic (exact) mass is 342 g/mol. The minimum absolute atomic E-state index is 0.0241. The van der Waals surface area contributed by atoms with Crippen LogP contribution >= 0.6 is 0 Å². The average molecular weight is 342 g/mol. The number of carbonyl (C=O) groups excluding carboxylic acids is 1. The molecule has 2 amide bonds. The fourth-order valence-corrected chi connectivity index (χ4v) is 6.10. The van der Waals surface area contributed by atoms with Gasteiger partial charge in [-0.05, 0) is 54.4 Å². The molecule has 136 valence electrons. The summed E-state index contributed by atoms with van der Waals surface area (Å²) < 4.78 is 6.27. The van der Waals surface area contributed by atoms with Gasteiger partial charge < -0.3 is 15.4 Å². The third-order valence-corrected chi connectivity index (χ3v) is 7.25. The highest BCUT2D eigenvalue weighted by atomic mass is 16.5. The first-order valence-electron chi connectivity index (χ1n) is 9.70. The normalized spacial score (nSPS) is 38.2. The van der Waals surface area contributed by atoms with Crippen molar-refractivity contribution in [1.82, 2.24) is 10.6 Å². The number of rotatable bonds is 3. The second-order valence-electron chi connectivity index (χ2n) is 8.69. The molecule has 0 aromatic heterocycles. The molecule has 5 atom stereocenters. The Morgan fingerprint density at radius 1 is 1.28 bits per heavy atom. The van der Waals surface area contributed by atoms with Gasteiger partial charge in [0.2, 0.25) is 0 Å². The van der Waals surface area contributed by atoms with E-state index in [4.69, 9.17) is 4.74 Å². The molecule has 1 aromatic rings. The smallest absolute Gasteiger partial charge is 0.315 e. The van der Waals surface area contributed by atoms with Gasteiger partial charge in [-0.2, -0.15) is 0 Å². The van der Waals surface area contributed by atoms with Crippen LogP contribution < -0.4 is 10.6 Å². The van der Waals surface area contributed by atoms with Gasteiger partial charge in [0.05, 0.1) is 6.10 Å². The van der Waals surface area contributed by atoms with Crippen molar-refractivity contribution in [3.63, 3.8) is 0 Å². The molecule has 1 aromatic carbocycles. The molecule has 0 radical (unpaired) electrons. The number of carbonyl (C=O) groups is 1. The standard InChI is InChI=1S/C21H30N2O2/c1-4-22-19(24)23-18-20(2,3)15-12-16-17(14-8-6-5-7-9-14)25-11-10-21(16,18)13-15/h5-9,15-18H,4,10-13H2,1-3H3,(H2,22,23,24)/t15-,16-,17-,18+,21?/m1/s1. The Hall–Kier alpha value is -1.55. The van der Waals surface area contributed by atoms with Crippen LogP contribution in [-0.2, 0) is 4.74 Å². The van der Waals surface area contributed by atoms with Gasteiger partial charge in [0.25, 0.3) is 0 Å². The lowest BCUT2D eigenvalue weighted by Crippen LogP contribution is -2.60.